The number of nitrogens with zero attached hydrogens (tertiary/aromatic N) is 4. The van der Waals surface area contributed by atoms with Crippen molar-refractivity contribution in [3.63, 3.8) is 0 Å². The van der Waals surface area contributed by atoms with Crippen molar-refractivity contribution in [1.82, 2.24) is 20.1 Å². The Kier molecular flexibility index (Phi) is 8.16. The van der Waals surface area contributed by atoms with E-state index in [1.165, 1.54) is 0 Å². The molecule has 2 aromatic carbocycles. The molecule has 0 bridgehead atoms. The highest BCUT2D eigenvalue weighted by Crippen LogP contribution is 2.36. The summed E-state index contributed by atoms with van der Waals surface area (Å²) in [4.78, 5) is 21.3. The molecule has 2 heterocycles. The smallest absolute Gasteiger partial charge is 0.251 e. The van der Waals surface area contributed by atoms with Crippen LogP contribution in [0.5, 0.6) is 5.75 Å². The maximum Gasteiger partial charge on any atom is 0.251 e. The average molecular weight is 508 g/mol. The Balaban J connectivity index is 1.59. The Morgan fingerprint density at radius 3 is 2.53 bits per heavy atom. The van der Waals surface area contributed by atoms with E-state index >= 15 is 0 Å². The van der Waals surface area contributed by atoms with Crippen LogP contribution in [-0.2, 0) is 13.1 Å². The minimum Gasteiger partial charge on any atom is -0.457 e. The number of amides is 1. The maximum atomic E-state index is 12.9. The van der Waals surface area contributed by atoms with E-state index in [0.29, 0.717) is 29.3 Å². The van der Waals surface area contributed by atoms with Crippen molar-refractivity contribution in [3.8, 4) is 16.9 Å². The molecule has 7 heteroatoms. The van der Waals surface area contributed by atoms with Gasteiger partial charge in [0.1, 0.15) is 11.5 Å². The molecule has 0 saturated carbocycles. The van der Waals surface area contributed by atoms with Crippen molar-refractivity contribution in [2.75, 3.05) is 0 Å². The summed E-state index contributed by atoms with van der Waals surface area (Å²) in [5.41, 5.74) is 8.05. The largest absolute Gasteiger partial charge is 0.457 e. The van der Waals surface area contributed by atoms with E-state index in [0.717, 1.165) is 45.7 Å². The molecular weight excluding hydrogens is 474 g/mol. The molecule has 0 unspecified atom stereocenters. The normalized spacial score (nSPS) is 11.3. The summed E-state index contributed by atoms with van der Waals surface area (Å²) in [5.74, 6) is 1.07. The van der Waals surface area contributed by atoms with Gasteiger partial charge >= 0.3 is 0 Å². The van der Waals surface area contributed by atoms with E-state index in [1.54, 1.807) is 18.5 Å². The van der Waals surface area contributed by atoms with Crippen LogP contribution in [-0.4, -0.2) is 27.4 Å². The fourth-order valence-electron chi connectivity index (χ4n) is 4.59. The molecule has 0 aliphatic carbocycles. The molecule has 4 aromatic rings. The first kappa shape index (κ1) is 26.5. The van der Waals surface area contributed by atoms with Gasteiger partial charge in [-0.3, -0.25) is 19.5 Å². The van der Waals surface area contributed by atoms with Crippen molar-refractivity contribution in [2.45, 2.75) is 47.7 Å². The standard InChI is InChI=1S/C31H33N5O2/c1-7-28(26-13-12-24(18-27(26)32-6)30-21(4)35-36(8-2)22(30)5)38-29-11-9-10-25(20(29)3)31(37)34-19-23-14-16-33-17-15-23/h7,9-18H,6,8,19H2,1-5H3,(H,34,37)/b28-7+. The minimum atomic E-state index is -0.164. The van der Waals surface area contributed by atoms with Gasteiger partial charge in [-0.05, 0) is 94.9 Å². The molecule has 194 valence electrons. The second-order valence-corrected chi connectivity index (χ2v) is 8.97. The van der Waals surface area contributed by atoms with Gasteiger partial charge in [-0.25, -0.2) is 0 Å². The second kappa shape index (κ2) is 11.7. The zero-order valence-electron chi connectivity index (χ0n) is 22.6. The molecule has 1 N–H and O–H groups in total. The fraction of sp³-hybridized carbons (Fsp3) is 0.226. The number of carbonyl (C=O) groups excluding carboxylic acids is 1. The first-order chi connectivity index (χ1) is 18.4. The Bertz CT molecular complexity index is 1500. The van der Waals surface area contributed by atoms with Crippen molar-refractivity contribution in [2.24, 2.45) is 4.99 Å². The summed E-state index contributed by atoms with van der Waals surface area (Å²) < 4.78 is 8.36. The molecule has 0 radical (unpaired) electrons. The van der Waals surface area contributed by atoms with Crippen LogP contribution >= 0.6 is 0 Å². The average Bonchev–Trinajstić information content (AvgIpc) is 3.24. The number of nitrogens with one attached hydrogen (secondary N) is 1. The summed E-state index contributed by atoms with van der Waals surface area (Å²) in [6.45, 7) is 15.0. The number of ether oxygens (including phenoxy) is 1. The van der Waals surface area contributed by atoms with Crippen LogP contribution in [0, 0.1) is 20.8 Å². The highest BCUT2D eigenvalue weighted by atomic mass is 16.5. The van der Waals surface area contributed by atoms with E-state index in [4.69, 9.17) is 4.74 Å². The van der Waals surface area contributed by atoms with Crippen LogP contribution in [0.25, 0.3) is 16.9 Å². The van der Waals surface area contributed by atoms with E-state index in [2.05, 4.69) is 47.0 Å². The zero-order chi connectivity index (χ0) is 27.2. The van der Waals surface area contributed by atoms with Crippen molar-refractivity contribution in [3.05, 3.63) is 101 Å². The quantitative estimate of drug-likeness (QED) is 0.205. The predicted octanol–water partition coefficient (Wildman–Crippen LogP) is 6.59. The number of pyridine rings is 1. The molecule has 2 aromatic heterocycles. The van der Waals surface area contributed by atoms with Gasteiger partial charge in [-0.1, -0.05) is 12.1 Å². The molecule has 38 heavy (non-hydrogen) atoms. The van der Waals surface area contributed by atoms with Crippen molar-refractivity contribution < 1.29 is 9.53 Å². The van der Waals surface area contributed by atoms with Crippen LogP contribution in [0.2, 0.25) is 0 Å². The molecule has 0 atom stereocenters. The number of aryl methyl sites for hydroxylation is 2. The lowest BCUT2D eigenvalue weighted by atomic mass is 9.99. The van der Waals surface area contributed by atoms with Gasteiger partial charge in [0.15, 0.2) is 0 Å². The van der Waals surface area contributed by atoms with Gasteiger partial charge in [0.2, 0.25) is 0 Å². The van der Waals surface area contributed by atoms with Crippen LogP contribution < -0.4 is 10.1 Å². The molecule has 0 aliphatic heterocycles. The third-order valence-corrected chi connectivity index (χ3v) is 6.62. The summed E-state index contributed by atoms with van der Waals surface area (Å²) in [7, 11) is 0. The molecule has 0 fully saturated rings. The number of rotatable bonds is 9. The van der Waals surface area contributed by atoms with E-state index in [-0.39, 0.29) is 5.91 Å². The van der Waals surface area contributed by atoms with Gasteiger partial charge in [0.25, 0.3) is 5.91 Å². The van der Waals surface area contributed by atoms with Crippen molar-refractivity contribution in [1.29, 1.82) is 0 Å². The summed E-state index contributed by atoms with van der Waals surface area (Å²) in [6.07, 6.45) is 5.31. The molecule has 0 aliphatic rings. The lowest BCUT2D eigenvalue weighted by molar-refractivity contribution is 0.0950. The number of allylic oxidation sites excluding steroid dienone is 1. The minimum absolute atomic E-state index is 0.164. The fourth-order valence-corrected chi connectivity index (χ4v) is 4.59. The number of hydrogen-bond donors (Lipinski definition) is 1. The van der Waals surface area contributed by atoms with Crippen LogP contribution in [0.3, 0.4) is 0 Å². The molecule has 1 amide bonds. The van der Waals surface area contributed by atoms with Gasteiger partial charge in [0, 0.05) is 53.4 Å². The molecule has 4 rings (SSSR count). The van der Waals surface area contributed by atoms with E-state index in [1.807, 2.05) is 67.9 Å². The lowest BCUT2D eigenvalue weighted by Crippen LogP contribution is -2.23. The Morgan fingerprint density at radius 2 is 1.87 bits per heavy atom. The molecular formula is C31H33N5O2. The number of benzene rings is 2. The van der Waals surface area contributed by atoms with Gasteiger partial charge in [-0.15, -0.1) is 0 Å². The zero-order valence-corrected chi connectivity index (χ0v) is 22.6. The SMILES string of the molecule is C=Nc1cc(-c2c(C)nn(CC)c2C)ccc1/C(=C\C)Oc1cccc(C(=O)NCc2ccncc2)c1C. The third kappa shape index (κ3) is 5.42. The lowest BCUT2D eigenvalue weighted by Gasteiger charge is -2.17. The Labute approximate surface area is 223 Å². The summed E-state index contributed by atoms with van der Waals surface area (Å²) >= 11 is 0. The summed E-state index contributed by atoms with van der Waals surface area (Å²) in [6, 6.07) is 15.3. The molecule has 0 saturated heterocycles. The predicted molar refractivity (Wildman–Crippen MR) is 153 cm³/mol. The number of hydrogen-bond acceptors (Lipinski definition) is 5. The highest BCUT2D eigenvalue weighted by Gasteiger charge is 2.18. The third-order valence-electron chi connectivity index (χ3n) is 6.62. The second-order valence-electron chi connectivity index (χ2n) is 8.97. The van der Waals surface area contributed by atoms with Gasteiger partial charge in [-0.2, -0.15) is 5.10 Å². The molecule has 0 spiro atoms. The number of aliphatic imine (C=N–C) groups is 1. The van der Waals surface area contributed by atoms with Crippen molar-refractivity contribution >= 4 is 24.1 Å². The van der Waals surface area contributed by atoms with Crippen LogP contribution in [0.4, 0.5) is 5.69 Å². The first-order valence-electron chi connectivity index (χ1n) is 12.6. The maximum absolute atomic E-state index is 12.9. The number of carbonyl (C=O) groups is 1. The Morgan fingerprint density at radius 1 is 1.11 bits per heavy atom. The highest BCUT2D eigenvalue weighted by molar-refractivity contribution is 5.96. The van der Waals surface area contributed by atoms with Crippen LogP contribution in [0.15, 0.2) is 72.0 Å². The van der Waals surface area contributed by atoms with E-state index < -0.39 is 0 Å². The van der Waals surface area contributed by atoms with Gasteiger partial charge < -0.3 is 10.1 Å². The topological polar surface area (TPSA) is 81.4 Å². The van der Waals surface area contributed by atoms with Gasteiger partial charge in [0.05, 0.1) is 11.4 Å². The van der Waals surface area contributed by atoms with Crippen LogP contribution in [0.1, 0.15) is 52.3 Å². The first-order valence-corrected chi connectivity index (χ1v) is 12.6. The monoisotopic (exact) mass is 507 g/mol. The number of aromatic nitrogens is 3. The Hall–Kier alpha value is -4.52. The summed E-state index contributed by atoms with van der Waals surface area (Å²) in [5, 5.41) is 7.62. The van der Waals surface area contributed by atoms with E-state index in [9.17, 15) is 4.79 Å². The molecule has 7 nitrogen and oxygen atoms in total.